The summed E-state index contributed by atoms with van der Waals surface area (Å²) in [6, 6.07) is 7.03. The smallest absolute Gasteiger partial charge is 0.203 e. The van der Waals surface area contributed by atoms with Gasteiger partial charge in [-0.05, 0) is 18.2 Å². The Labute approximate surface area is 101 Å². The van der Waals surface area contributed by atoms with Gasteiger partial charge in [-0.3, -0.25) is 0 Å². The van der Waals surface area contributed by atoms with Crippen LogP contribution in [-0.4, -0.2) is 0 Å². The van der Waals surface area contributed by atoms with Gasteiger partial charge in [0.05, 0.1) is 0 Å². The molecule has 0 heterocycles. The monoisotopic (exact) mass is 256 g/mol. The Bertz CT molecular complexity index is 569. The van der Waals surface area contributed by atoms with Crippen molar-refractivity contribution in [1.82, 2.24) is 0 Å². The van der Waals surface area contributed by atoms with Crippen molar-refractivity contribution in [2.24, 2.45) is 0 Å². The largest absolute Gasteiger partial charge is 0.483 e. The van der Waals surface area contributed by atoms with Crippen molar-refractivity contribution in [1.29, 1.82) is 0 Å². The van der Waals surface area contributed by atoms with Crippen LogP contribution in [0.4, 0.5) is 17.6 Å². The molecule has 5 heteroatoms. The molecule has 0 saturated heterocycles. The Morgan fingerprint density at radius 1 is 0.778 bits per heavy atom. The Balaban J connectivity index is 2.21. The van der Waals surface area contributed by atoms with Gasteiger partial charge in [-0.25, -0.2) is 13.2 Å². The van der Waals surface area contributed by atoms with E-state index in [0.717, 1.165) is 6.07 Å². The quantitative estimate of drug-likeness (QED) is 0.599. The summed E-state index contributed by atoms with van der Waals surface area (Å²) in [7, 11) is 0. The third-order valence-corrected chi connectivity index (χ3v) is 2.33. The fourth-order valence-electron chi connectivity index (χ4n) is 1.41. The summed E-state index contributed by atoms with van der Waals surface area (Å²) in [6.07, 6.45) is 0. The van der Waals surface area contributed by atoms with Crippen LogP contribution in [0.15, 0.2) is 36.4 Å². The molecule has 2 rings (SSSR count). The summed E-state index contributed by atoms with van der Waals surface area (Å²) in [4.78, 5) is 0. The van der Waals surface area contributed by atoms with Gasteiger partial charge >= 0.3 is 0 Å². The summed E-state index contributed by atoms with van der Waals surface area (Å²) in [5, 5.41) is 0. The van der Waals surface area contributed by atoms with Crippen molar-refractivity contribution < 1.29 is 22.3 Å². The fraction of sp³-hybridized carbons (Fsp3) is 0.0769. The minimum Gasteiger partial charge on any atom is -0.483 e. The standard InChI is InChI=1S/C13H8F4O/c14-9-4-2-1-3-8(9)7-18-13-11(16)6-5-10(15)12(13)17/h1-6H,7H2. The molecule has 0 amide bonds. The van der Waals surface area contributed by atoms with E-state index in [1.807, 2.05) is 0 Å². The zero-order valence-corrected chi connectivity index (χ0v) is 9.09. The average molecular weight is 256 g/mol. The molecule has 0 unspecified atom stereocenters. The Hall–Kier alpha value is -2.04. The molecule has 1 nitrogen and oxygen atoms in total. The molecule has 0 fully saturated rings. The number of hydrogen-bond donors (Lipinski definition) is 0. The first kappa shape index (κ1) is 12.4. The molecule has 0 aliphatic rings. The van der Waals surface area contributed by atoms with E-state index < -0.39 is 29.0 Å². The van der Waals surface area contributed by atoms with Crippen LogP contribution in [0.2, 0.25) is 0 Å². The molecule has 0 aromatic heterocycles. The second-order valence-electron chi connectivity index (χ2n) is 3.55. The zero-order valence-electron chi connectivity index (χ0n) is 9.09. The van der Waals surface area contributed by atoms with Crippen molar-refractivity contribution in [3.63, 3.8) is 0 Å². The normalized spacial score (nSPS) is 10.4. The summed E-state index contributed by atoms with van der Waals surface area (Å²) < 4.78 is 57.3. The van der Waals surface area contributed by atoms with Gasteiger partial charge in [0, 0.05) is 5.56 Å². The highest BCUT2D eigenvalue weighted by molar-refractivity contribution is 5.28. The number of rotatable bonds is 3. The lowest BCUT2D eigenvalue weighted by Crippen LogP contribution is -2.03. The van der Waals surface area contributed by atoms with Crippen molar-refractivity contribution >= 4 is 0 Å². The summed E-state index contributed by atoms with van der Waals surface area (Å²) in [6.45, 7) is -0.385. The molecule has 0 spiro atoms. The fourth-order valence-corrected chi connectivity index (χ4v) is 1.41. The first-order valence-electron chi connectivity index (χ1n) is 5.09. The predicted octanol–water partition coefficient (Wildman–Crippen LogP) is 3.82. The van der Waals surface area contributed by atoms with E-state index in [0.29, 0.717) is 6.07 Å². The van der Waals surface area contributed by atoms with E-state index in [4.69, 9.17) is 4.74 Å². The van der Waals surface area contributed by atoms with Crippen LogP contribution in [0.3, 0.4) is 0 Å². The molecule has 0 radical (unpaired) electrons. The first-order valence-corrected chi connectivity index (χ1v) is 5.09. The lowest BCUT2D eigenvalue weighted by molar-refractivity contribution is 0.264. The highest BCUT2D eigenvalue weighted by Gasteiger charge is 2.15. The maximum Gasteiger partial charge on any atom is 0.203 e. The van der Waals surface area contributed by atoms with E-state index in [9.17, 15) is 17.6 Å². The van der Waals surface area contributed by atoms with Crippen LogP contribution in [-0.2, 0) is 6.61 Å². The lowest BCUT2D eigenvalue weighted by atomic mass is 10.2. The average Bonchev–Trinajstić information content (AvgIpc) is 2.36. The van der Waals surface area contributed by atoms with Gasteiger partial charge in [0.1, 0.15) is 12.4 Å². The molecule has 2 aromatic carbocycles. The van der Waals surface area contributed by atoms with Gasteiger partial charge in [-0.1, -0.05) is 18.2 Å². The highest BCUT2D eigenvalue weighted by atomic mass is 19.2. The number of benzene rings is 2. The molecular formula is C13H8F4O. The van der Waals surface area contributed by atoms with Gasteiger partial charge < -0.3 is 4.74 Å². The van der Waals surface area contributed by atoms with E-state index in [1.165, 1.54) is 18.2 Å². The first-order chi connectivity index (χ1) is 8.59. The Morgan fingerprint density at radius 2 is 1.44 bits per heavy atom. The van der Waals surface area contributed by atoms with Crippen LogP contribution < -0.4 is 4.74 Å². The lowest BCUT2D eigenvalue weighted by Gasteiger charge is -2.09. The molecule has 0 aliphatic heterocycles. The van der Waals surface area contributed by atoms with Crippen LogP contribution in [0.25, 0.3) is 0 Å². The zero-order chi connectivity index (χ0) is 13.1. The van der Waals surface area contributed by atoms with Crippen molar-refractivity contribution in [2.75, 3.05) is 0 Å². The minimum absolute atomic E-state index is 0.126. The van der Waals surface area contributed by atoms with Gasteiger partial charge in [0.25, 0.3) is 0 Å². The maximum atomic E-state index is 13.2. The molecule has 0 N–H and O–H groups in total. The van der Waals surface area contributed by atoms with E-state index in [1.54, 1.807) is 6.07 Å². The minimum atomic E-state index is -1.42. The van der Waals surface area contributed by atoms with Gasteiger partial charge in [0.2, 0.25) is 5.82 Å². The van der Waals surface area contributed by atoms with Crippen LogP contribution in [0.1, 0.15) is 5.56 Å². The van der Waals surface area contributed by atoms with Crippen molar-refractivity contribution in [3.8, 4) is 5.75 Å². The van der Waals surface area contributed by atoms with Gasteiger partial charge in [0.15, 0.2) is 17.4 Å². The molecule has 94 valence electrons. The molecule has 0 atom stereocenters. The summed E-state index contributed by atoms with van der Waals surface area (Å²) >= 11 is 0. The summed E-state index contributed by atoms with van der Waals surface area (Å²) in [5.41, 5.74) is 0.126. The Morgan fingerprint density at radius 3 is 2.17 bits per heavy atom. The van der Waals surface area contributed by atoms with Crippen LogP contribution in [0.5, 0.6) is 5.75 Å². The van der Waals surface area contributed by atoms with Crippen molar-refractivity contribution in [3.05, 3.63) is 65.2 Å². The highest BCUT2D eigenvalue weighted by Crippen LogP contribution is 2.24. The maximum absolute atomic E-state index is 13.2. The topological polar surface area (TPSA) is 9.23 Å². The predicted molar refractivity (Wildman–Crippen MR) is 57.0 cm³/mol. The second-order valence-corrected chi connectivity index (χ2v) is 3.55. The molecule has 0 bridgehead atoms. The van der Waals surface area contributed by atoms with Crippen LogP contribution >= 0.6 is 0 Å². The molecule has 0 aliphatic carbocycles. The number of ether oxygens (including phenoxy) is 1. The summed E-state index contributed by atoms with van der Waals surface area (Å²) in [5.74, 6) is -5.09. The molecule has 18 heavy (non-hydrogen) atoms. The third-order valence-electron chi connectivity index (χ3n) is 2.33. The SMILES string of the molecule is Fc1ccccc1COc1c(F)ccc(F)c1F. The van der Waals surface area contributed by atoms with Gasteiger partial charge in [-0.2, -0.15) is 4.39 Å². The van der Waals surface area contributed by atoms with E-state index >= 15 is 0 Å². The Kier molecular flexibility index (Phi) is 3.50. The van der Waals surface area contributed by atoms with Crippen molar-refractivity contribution in [2.45, 2.75) is 6.61 Å². The molecule has 0 saturated carbocycles. The van der Waals surface area contributed by atoms with Gasteiger partial charge in [-0.15, -0.1) is 0 Å². The van der Waals surface area contributed by atoms with E-state index in [2.05, 4.69) is 0 Å². The molecular weight excluding hydrogens is 248 g/mol. The van der Waals surface area contributed by atoms with E-state index in [-0.39, 0.29) is 12.2 Å². The third kappa shape index (κ3) is 2.45. The van der Waals surface area contributed by atoms with Crippen LogP contribution in [0, 0.1) is 23.3 Å². The molecule has 2 aromatic rings. The number of halogens is 4. The second kappa shape index (κ2) is 5.08. The number of hydrogen-bond acceptors (Lipinski definition) is 1.